The highest BCUT2D eigenvalue weighted by molar-refractivity contribution is 5.50. The lowest BCUT2D eigenvalue weighted by Gasteiger charge is -2.39. The highest BCUT2D eigenvalue weighted by atomic mass is 16.5. The van der Waals surface area contributed by atoms with Crippen molar-refractivity contribution in [3.8, 4) is 11.9 Å². The Morgan fingerprint density at radius 1 is 1.44 bits per heavy atom. The zero-order chi connectivity index (χ0) is 17.4. The maximum absolute atomic E-state index is 12.4. The summed E-state index contributed by atoms with van der Waals surface area (Å²) >= 11 is 0. The second-order valence-electron chi connectivity index (χ2n) is 6.58. The minimum absolute atomic E-state index is 0.194. The van der Waals surface area contributed by atoms with Crippen LogP contribution in [-0.4, -0.2) is 34.8 Å². The normalized spacial score (nSPS) is 21.4. The number of hydrogen-bond acceptors (Lipinski definition) is 6. The minimum Gasteiger partial charge on any atom is -0.473 e. The minimum atomic E-state index is -0.323. The fraction of sp³-hybridized carbons (Fsp3) is 0.389. The van der Waals surface area contributed by atoms with E-state index in [9.17, 15) is 4.79 Å². The molecule has 7 heteroatoms. The maximum Gasteiger partial charge on any atom is 0.352 e. The van der Waals surface area contributed by atoms with Gasteiger partial charge in [0.25, 0.3) is 0 Å². The van der Waals surface area contributed by atoms with Crippen molar-refractivity contribution in [2.24, 2.45) is 0 Å². The first-order valence-corrected chi connectivity index (χ1v) is 8.19. The van der Waals surface area contributed by atoms with Crippen LogP contribution in [0.5, 0.6) is 5.88 Å². The van der Waals surface area contributed by atoms with Gasteiger partial charge in [0, 0.05) is 18.2 Å². The number of aromatic nitrogens is 2. The zero-order valence-corrected chi connectivity index (χ0v) is 13.9. The van der Waals surface area contributed by atoms with Crippen LogP contribution in [-0.2, 0) is 17.9 Å². The lowest BCUT2D eigenvalue weighted by molar-refractivity contribution is 0.0586. The van der Waals surface area contributed by atoms with E-state index in [1.54, 1.807) is 22.8 Å². The molecule has 0 bridgehead atoms. The Morgan fingerprint density at radius 2 is 2.28 bits per heavy atom. The molecule has 25 heavy (non-hydrogen) atoms. The molecule has 128 valence electrons. The van der Waals surface area contributed by atoms with Crippen LogP contribution in [0.2, 0.25) is 0 Å². The van der Waals surface area contributed by atoms with Crippen LogP contribution >= 0.6 is 0 Å². The number of hydrogen-bond donors (Lipinski definition) is 0. The fourth-order valence-corrected chi connectivity index (χ4v) is 3.48. The molecule has 2 aliphatic rings. The molecular weight excluding hydrogens is 320 g/mol. The van der Waals surface area contributed by atoms with Gasteiger partial charge in [0.05, 0.1) is 36.9 Å². The van der Waals surface area contributed by atoms with Crippen LogP contribution in [0.3, 0.4) is 0 Å². The lowest BCUT2D eigenvalue weighted by Crippen LogP contribution is -2.53. The van der Waals surface area contributed by atoms with E-state index in [-0.39, 0.29) is 23.7 Å². The number of rotatable bonds is 3. The van der Waals surface area contributed by atoms with Gasteiger partial charge in [-0.15, -0.1) is 0 Å². The van der Waals surface area contributed by atoms with Crippen LogP contribution in [0, 0.1) is 11.3 Å². The Morgan fingerprint density at radius 3 is 3.12 bits per heavy atom. The fourth-order valence-electron chi connectivity index (χ4n) is 3.48. The van der Waals surface area contributed by atoms with E-state index in [0.717, 1.165) is 17.9 Å². The number of benzene rings is 1. The van der Waals surface area contributed by atoms with E-state index in [1.807, 2.05) is 12.1 Å². The van der Waals surface area contributed by atoms with Crippen molar-refractivity contribution in [3.05, 3.63) is 51.9 Å². The summed E-state index contributed by atoms with van der Waals surface area (Å²) in [5.74, 6) is 1.09. The predicted molar refractivity (Wildman–Crippen MR) is 90.6 cm³/mol. The Bertz CT molecular complexity index is 917. The molecule has 1 aromatic carbocycles. The molecule has 0 saturated carbocycles. The molecule has 4 rings (SSSR count). The van der Waals surface area contributed by atoms with Crippen molar-refractivity contribution >= 4 is 5.82 Å². The molecule has 1 saturated heterocycles. The van der Waals surface area contributed by atoms with Gasteiger partial charge in [0.15, 0.2) is 0 Å². The van der Waals surface area contributed by atoms with Gasteiger partial charge in [-0.05, 0) is 13.0 Å². The molecule has 0 aliphatic carbocycles. The monoisotopic (exact) mass is 338 g/mol. The molecule has 0 radical (unpaired) electrons. The van der Waals surface area contributed by atoms with Crippen molar-refractivity contribution in [2.75, 3.05) is 24.7 Å². The number of nitriles is 1. The molecule has 1 aromatic heterocycles. The third kappa shape index (κ3) is 2.65. The predicted octanol–water partition coefficient (Wildman–Crippen LogP) is 1.30. The first-order valence-electron chi connectivity index (χ1n) is 8.19. The summed E-state index contributed by atoms with van der Waals surface area (Å²) in [6.07, 6.45) is 0. The molecule has 3 heterocycles. The molecule has 0 amide bonds. The van der Waals surface area contributed by atoms with E-state index in [0.29, 0.717) is 25.3 Å². The van der Waals surface area contributed by atoms with Crippen LogP contribution in [0.4, 0.5) is 5.82 Å². The Labute approximate surface area is 145 Å². The van der Waals surface area contributed by atoms with E-state index >= 15 is 0 Å². The van der Waals surface area contributed by atoms with Crippen molar-refractivity contribution in [1.82, 2.24) is 9.55 Å². The quantitative estimate of drug-likeness (QED) is 0.839. The lowest BCUT2D eigenvalue weighted by atomic mass is 10.0. The highest BCUT2D eigenvalue weighted by Crippen LogP contribution is 2.35. The Hall–Kier alpha value is -2.85. The summed E-state index contributed by atoms with van der Waals surface area (Å²) in [4.78, 5) is 18.6. The summed E-state index contributed by atoms with van der Waals surface area (Å²) < 4.78 is 13.0. The average molecular weight is 338 g/mol. The third-order valence-electron chi connectivity index (χ3n) is 4.78. The van der Waals surface area contributed by atoms with Crippen molar-refractivity contribution in [2.45, 2.75) is 25.6 Å². The Kier molecular flexibility index (Phi) is 3.70. The highest BCUT2D eigenvalue weighted by Gasteiger charge is 2.43. The number of anilines is 1. The summed E-state index contributed by atoms with van der Waals surface area (Å²) in [6.45, 7) is 4.79. The van der Waals surface area contributed by atoms with E-state index in [4.69, 9.17) is 14.7 Å². The number of fused-ring (bicyclic) bond motifs is 3. The van der Waals surface area contributed by atoms with Crippen LogP contribution < -0.4 is 15.3 Å². The molecule has 7 nitrogen and oxygen atoms in total. The second-order valence-corrected chi connectivity index (χ2v) is 6.58. The standard InChI is InChI=1S/C18H18N4O3/c1-18-11-21-16(22(18)6-7-24-12-18)8-15(20-17(21)23)25-10-14-5-3-2-4-13(14)9-19/h2-5,8H,6-7,10-12H2,1H3. The first-order chi connectivity index (χ1) is 12.1. The van der Waals surface area contributed by atoms with Gasteiger partial charge in [-0.2, -0.15) is 10.2 Å². The van der Waals surface area contributed by atoms with Crippen molar-refractivity contribution < 1.29 is 9.47 Å². The van der Waals surface area contributed by atoms with Crippen LogP contribution in [0.25, 0.3) is 0 Å². The molecule has 2 aromatic rings. The summed E-state index contributed by atoms with van der Waals surface area (Å²) in [7, 11) is 0. The van der Waals surface area contributed by atoms with Gasteiger partial charge >= 0.3 is 5.69 Å². The smallest absolute Gasteiger partial charge is 0.352 e. The zero-order valence-electron chi connectivity index (χ0n) is 13.9. The van der Waals surface area contributed by atoms with Gasteiger partial charge in [-0.25, -0.2) is 4.79 Å². The molecule has 0 spiro atoms. The van der Waals surface area contributed by atoms with Gasteiger partial charge in [0.2, 0.25) is 5.88 Å². The summed E-state index contributed by atoms with van der Waals surface area (Å²) in [5.41, 5.74) is 0.777. The molecule has 1 fully saturated rings. The number of morpholine rings is 1. The van der Waals surface area contributed by atoms with Crippen LogP contribution in [0.1, 0.15) is 18.1 Å². The summed E-state index contributed by atoms with van der Waals surface area (Å²) in [5, 5.41) is 9.15. The van der Waals surface area contributed by atoms with E-state index in [1.165, 1.54) is 0 Å². The van der Waals surface area contributed by atoms with Crippen LogP contribution in [0.15, 0.2) is 35.1 Å². The second kappa shape index (κ2) is 5.90. The number of ether oxygens (including phenoxy) is 2. The van der Waals surface area contributed by atoms with Crippen molar-refractivity contribution in [3.63, 3.8) is 0 Å². The average Bonchev–Trinajstić information content (AvgIpc) is 2.93. The van der Waals surface area contributed by atoms with Crippen molar-refractivity contribution in [1.29, 1.82) is 5.26 Å². The SMILES string of the molecule is CC12COCCN1c1cc(OCc3ccccc3C#N)nc(=O)n1C2. The molecular formula is C18H18N4O3. The van der Waals surface area contributed by atoms with Gasteiger partial charge in [0.1, 0.15) is 12.4 Å². The molecule has 1 atom stereocenters. The van der Waals surface area contributed by atoms with Gasteiger partial charge in [-0.3, -0.25) is 4.57 Å². The number of nitrogens with zero attached hydrogens (tertiary/aromatic N) is 4. The molecule has 2 aliphatic heterocycles. The van der Waals surface area contributed by atoms with Gasteiger partial charge in [-0.1, -0.05) is 18.2 Å². The van der Waals surface area contributed by atoms with E-state index in [2.05, 4.69) is 22.9 Å². The third-order valence-corrected chi connectivity index (χ3v) is 4.78. The maximum atomic E-state index is 12.4. The largest absolute Gasteiger partial charge is 0.473 e. The first kappa shape index (κ1) is 15.7. The molecule has 0 N–H and O–H groups in total. The molecule has 1 unspecified atom stereocenters. The summed E-state index contributed by atoms with van der Waals surface area (Å²) in [6, 6.07) is 11.2. The van der Waals surface area contributed by atoms with E-state index < -0.39 is 0 Å². The topological polar surface area (TPSA) is 80.4 Å². The van der Waals surface area contributed by atoms with Gasteiger partial charge < -0.3 is 14.4 Å². The Balaban J connectivity index is 1.62.